The molecular weight excluding hydrogens is 759 g/mol. The summed E-state index contributed by atoms with van der Waals surface area (Å²) < 4.78 is 32.6. The fourth-order valence-corrected chi connectivity index (χ4v) is 6.06. The first kappa shape index (κ1) is 55.1. The number of ether oxygens (including phenoxy) is 2. The quantitative estimate of drug-likeness (QED) is 0.0153. The monoisotopic (exact) mass is 837 g/mol. The van der Waals surface area contributed by atoms with E-state index in [0.717, 1.165) is 57.8 Å². The lowest BCUT2D eigenvalue weighted by Gasteiger charge is -2.20. The van der Waals surface area contributed by atoms with Gasteiger partial charge in [-0.3, -0.25) is 18.6 Å². The van der Waals surface area contributed by atoms with Crippen LogP contribution < -0.4 is 0 Å². The zero-order valence-electron chi connectivity index (χ0n) is 35.6. The molecule has 0 fully saturated rings. The van der Waals surface area contributed by atoms with Crippen molar-refractivity contribution in [3.05, 3.63) is 85.1 Å². The van der Waals surface area contributed by atoms with Crippen molar-refractivity contribution in [1.82, 2.24) is 0 Å². The van der Waals surface area contributed by atoms with Gasteiger partial charge >= 0.3 is 19.8 Å². The second-order valence-corrected chi connectivity index (χ2v) is 15.6. The molecular formula is C46H77O11P. The van der Waals surface area contributed by atoms with Gasteiger partial charge in [-0.2, -0.15) is 0 Å². The highest BCUT2D eigenvalue weighted by atomic mass is 31.2. The van der Waals surface area contributed by atoms with Gasteiger partial charge in [-0.05, 0) is 70.6 Å². The average Bonchev–Trinajstić information content (AvgIpc) is 3.21. The molecule has 4 atom stereocenters. The largest absolute Gasteiger partial charge is 0.472 e. The summed E-state index contributed by atoms with van der Waals surface area (Å²) in [6, 6.07) is 0. The Morgan fingerprint density at radius 3 is 1.84 bits per heavy atom. The number of carbonyl (C=O) groups is 2. The smallest absolute Gasteiger partial charge is 0.462 e. The average molecular weight is 837 g/mol. The SMILES string of the molecule is CC/C=C\C/C=C\CC(O)/C=C/C=C\C/C=C\C/C=C\CCC(=O)O[C@H](COC(=O)CCCCCCC/C=C\CCCCCCCC)COP(=O)(O)OC[C@@H](O)CO. The van der Waals surface area contributed by atoms with E-state index in [-0.39, 0.29) is 19.4 Å². The summed E-state index contributed by atoms with van der Waals surface area (Å²) in [5.74, 6) is -1.07. The van der Waals surface area contributed by atoms with Crippen LogP contribution in [0.25, 0.3) is 0 Å². The number of allylic oxidation sites excluding steroid dienone is 12. The molecule has 0 aromatic heterocycles. The predicted molar refractivity (Wildman–Crippen MR) is 234 cm³/mol. The van der Waals surface area contributed by atoms with Gasteiger partial charge in [-0.25, -0.2) is 4.57 Å². The van der Waals surface area contributed by atoms with Crippen molar-refractivity contribution in [1.29, 1.82) is 0 Å². The Balaban J connectivity index is 4.52. The topological polar surface area (TPSA) is 169 Å². The van der Waals surface area contributed by atoms with E-state index in [2.05, 4.69) is 42.7 Å². The number of aliphatic hydroxyl groups excluding tert-OH is 3. The van der Waals surface area contributed by atoms with E-state index >= 15 is 0 Å². The first-order valence-corrected chi connectivity index (χ1v) is 23.1. The Bertz CT molecular complexity index is 1250. The van der Waals surface area contributed by atoms with Crippen molar-refractivity contribution in [2.45, 2.75) is 167 Å². The molecule has 0 aliphatic heterocycles. The van der Waals surface area contributed by atoms with Crippen molar-refractivity contribution in [3.8, 4) is 0 Å². The van der Waals surface area contributed by atoms with Crippen LogP contribution in [0.2, 0.25) is 0 Å². The molecule has 11 nitrogen and oxygen atoms in total. The zero-order chi connectivity index (χ0) is 42.8. The van der Waals surface area contributed by atoms with Crippen LogP contribution in [0.5, 0.6) is 0 Å². The molecule has 0 aliphatic carbocycles. The van der Waals surface area contributed by atoms with E-state index in [0.29, 0.717) is 25.7 Å². The van der Waals surface area contributed by atoms with Crippen LogP contribution in [0.3, 0.4) is 0 Å². The molecule has 12 heteroatoms. The summed E-state index contributed by atoms with van der Waals surface area (Å²) in [6.07, 6.45) is 44.5. The summed E-state index contributed by atoms with van der Waals surface area (Å²) in [4.78, 5) is 34.9. The third-order valence-corrected chi connectivity index (χ3v) is 9.58. The fraction of sp³-hybridized carbons (Fsp3) is 0.652. The van der Waals surface area contributed by atoms with Gasteiger partial charge in [0.05, 0.1) is 25.9 Å². The molecule has 0 saturated carbocycles. The van der Waals surface area contributed by atoms with Crippen LogP contribution >= 0.6 is 7.82 Å². The summed E-state index contributed by atoms with van der Waals surface area (Å²) in [7, 11) is -4.66. The van der Waals surface area contributed by atoms with Crippen molar-refractivity contribution in [2.75, 3.05) is 26.4 Å². The number of rotatable bonds is 39. The first-order chi connectivity index (χ1) is 28.1. The third kappa shape index (κ3) is 39.9. The summed E-state index contributed by atoms with van der Waals surface area (Å²) in [6.45, 7) is 2.06. The van der Waals surface area contributed by atoms with Gasteiger partial charge in [0.1, 0.15) is 12.7 Å². The molecule has 0 aliphatic rings. The lowest BCUT2D eigenvalue weighted by Crippen LogP contribution is -2.29. The molecule has 0 heterocycles. The molecule has 0 bridgehead atoms. The Morgan fingerprint density at radius 2 is 1.17 bits per heavy atom. The van der Waals surface area contributed by atoms with E-state index in [1.807, 2.05) is 54.7 Å². The van der Waals surface area contributed by atoms with Crippen LogP contribution in [0.15, 0.2) is 85.1 Å². The maximum Gasteiger partial charge on any atom is 0.472 e. The summed E-state index contributed by atoms with van der Waals surface area (Å²) in [5.41, 5.74) is 0. The molecule has 0 radical (unpaired) electrons. The van der Waals surface area contributed by atoms with Gasteiger partial charge in [0, 0.05) is 12.8 Å². The molecule has 332 valence electrons. The molecule has 0 saturated heterocycles. The van der Waals surface area contributed by atoms with Crippen LogP contribution in [0.4, 0.5) is 0 Å². The Kier molecular flexibility index (Phi) is 38.8. The van der Waals surface area contributed by atoms with Crippen LogP contribution in [0, 0.1) is 0 Å². The van der Waals surface area contributed by atoms with Crippen LogP contribution in [-0.2, 0) is 32.7 Å². The maximum atomic E-state index is 12.6. The second-order valence-electron chi connectivity index (χ2n) is 14.2. The molecule has 0 aromatic rings. The summed E-state index contributed by atoms with van der Waals surface area (Å²) in [5, 5.41) is 28.3. The highest BCUT2D eigenvalue weighted by Gasteiger charge is 2.27. The van der Waals surface area contributed by atoms with Gasteiger partial charge < -0.3 is 29.7 Å². The van der Waals surface area contributed by atoms with E-state index in [9.17, 15) is 29.3 Å². The lowest BCUT2D eigenvalue weighted by molar-refractivity contribution is -0.161. The van der Waals surface area contributed by atoms with E-state index < -0.39 is 57.9 Å². The normalized spacial score (nSPS) is 15.2. The van der Waals surface area contributed by atoms with Crippen molar-refractivity contribution >= 4 is 19.8 Å². The molecule has 0 amide bonds. The minimum Gasteiger partial charge on any atom is -0.462 e. The predicted octanol–water partition coefficient (Wildman–Crippen LogP) is 10.4. The van der Waals surface area contributed by atoms with E-state index in [1.54, 1.807) is 6.08 Å². The lowest BCUT2D eigenvalue weighted by atomic mass is 10.1. The standard InChI is InChI=1S/C46H77O11P/c1-3-5-7-9-11-12-13-14-15-16-17-21-24-28-32-36-45(50)54-40-44(41-56-58(52,53)55-39-43(49)38-47)57-46(51)37-33-29-25-22-19-18-20-23-27-31-35-42(48)34-30-26-10-8-6-4-2/h6,8,14-15,18-19,23,25-27,29-31,35,42-44,47-49H,3-5,7,9-13,16-17,20-22,24,28,32-34,36-41H2,1-2H3,(H,52,53)/b8-6-,15-14-,19-18-,27-23-,29-25-,30-26-,35-31+/t42?,43-,44+/m0/s1. The Hall–Kier alpha value is -2.89. The number of hydrogen-bond acceptors (Lipinski definition) is 10. The molecule has 0 rings (SSSR count). The highest BCUT2D eigenvalue weighted by Crippen LogP contribution is 2.43. The third-order valence-electron chi connectivity index (χ3n) is 8.63. The number of hydrogen-bond donors (Lipinski definition) is 4. The van der Waals surface area contributed by atoms with Gasteiger partial charge in [-0.1, -0.05) is 150 Å². The van der Waals surface area contributed by atoms with Crippen molar-refractivity contribution in [3.63, 3.8) is 0 Å². The van der Waals surface area contributed by atoms with Gasteiger partial charge in [-0.15, -0.1) is 0 Å². The molecule has 0 spiro atoms. The molecule has 0 aromatic carbocycles. The number of unbranched alkanes of at least 4 members (excludes halogenated alkanes) is 11. The highest BCUT2D eigenvalue weighted by molar-refractivity contribution is 7.47. The number of aliphatic hydroxyl groups is 3. The van der Waals surface area contributed by atoms with Gasteiger partial charge in [0.25, 0.3) is 0 Å². The van der Waals surface area contributed by atoms with Crippen LogP contribution in [0.1, 0.15) is 149 Å². The van der Waals surface area contributed by atoms with E-state index in [1.165, 1.54) is 38.5 Å². The van der Waals surface area contributed by atoms with Crippen molar-refractivity contribution in [2.24, 2.45) is 0 Å². The number of esters is 2. The first-order valence-electron chi connectivity index (χ1n) is 21.7. The maximum absolute atomic E-state index is 12.6. The molecule has 58 heavy (non-hydrogen) atoms. The summed E-state index contributed by atoms with van der Waals surface area (Å²) >= 11 is 0. The van der Waals surface area contributed by atoms with E-state index in [4.69, 9.17) is 19.1 Å². The van der Waals surface area contributed by atoms with Crippen molar-refractivity contribution < 1.29 is 52.9 Å². The minimum absolute atomic E-state index is 0.0299. The second kappa shape index (κ2) is 40.9. The molecule has 2 unspecified atom stereocenters. The fourth-order valence-electron chi connectivity index (χ4n) is 5.27. The van der Waals surface area contributed by atoms with Gasteiger partial charge in [0.2, 0.25) is 0 Å². The minimum atomic E-state index is -4.66. The zero-order valence-corrected chi connectivity index (χ0v) is 36.5. The Morgan fingerprint density at radius 1 is 0.603 bits per heavy atom. The Labute approximate surface area is 350 Å². The molecule has 4 N–H and O–H groups in total. The number of phosphoric ester groups is 1. The number of phosphoric acid groups is 1. The van der Waals surface area contributed by atoms with Gasteiger partial charge in [0.15, 0.2) is 6.10 Å². The van der Waals surface area contributed by atoms with Crippen LogP contribution in [-0.4, -0.2) is 76.9 Å². The number of carbonyl (C=O) groups excluding carboxylic acids is 2.